The fourth-order valence-corrected chi connectivity index (χ4v) is 0.874. The number of halogens is 3. The van der Waals surface area contributed by atoms with Crippen molar-refractivity contribution < 1.29 is 69.4 Å². The van der Waals surface area contributed by atoms with Gasteiger partial charge in [-0.1, -0.05) is 12.1 Å². The van der Waals surface area contributed by atoms with Crippen LogP contribution in [-0.2, 0) is 6.18 Å². The van der Waals surface area contributed by atoms with E-state index in [0.717, 1.165) is 24.3 Å². The van der Waals surface area contributed by atoms with Crippen LogP contribution in [0.3, 0.4) is 0 Å². The van der Waals surface area contributed by atoms with Gasteiger partial charge in [-0.15, -0.1) is 0 Å². The van der Waals surface area contributed by atoms with E-state index in [9.17, 15) is 18.0 Å². The van der Waals surface area contributed by atoms with Crippen LogP contribution in [0.1, 0.15) is 5.56 Å². The molecular weight excluding hydrogens is 236 g/mol. The fraction of sp³-hybridized carbons (Fsp3) is 0.125. The zero-order chi connectivity index (χ0) is 10.8. The average molecular weight is 242 g/mol. The normalized spacial score (nSPS) is 10.3. The summed E-state index contributed by atoms with van der Waals surface area (Å²) in [6.07, 6.45) is -4.39. The van der Waals surface area contributed by atoms with Crippen LogP contribution in [0, 0.1) is 0 Å². The molecule has 1 aromatic carbocycles. The second kappa shape index (κ2) is 5.85. The van der Waals surface area contributed by atoms with E-state index in [1.807, 2.05) is 5.32 Å². The van der Waals surface area contributed by atoms with E-state index < -0.39 is 17.8 Å². The maximum absolute atomic E-state index is 12.1. The molecule has 0 radical (unpaired) electrons. The molecule has 0 atom stereocenters. The summed E-state index contributed by atoms with van der Waals surface area (Å²) in [5.74, 6) is 0. The molecule has 3 nitrogen and oxygen atoms in total. The van der Waals surface area contributed by atoms with Gasteiger partial charge >= 0.3 is 57.6 Å². The van der Waals surface area contributed by atoms with Crippen molar-refractivity contribution in [3.63, 3.8) is 0 Å². The van der Waals surface area contributed by atoms with Gasteiger partial charge in [0.15, 0.2) is 6.03 Å². The van der Waals surface area contributed by atoms with Crippen LogP contribution >= 0.6 is 0 Å². The third-order valence-corrected chi connectivity index (χ3v) is 1.47. The van der Waals surface area contributed by atoms with Crippen LogP contribution in [-0.4, -0.2) is 6.03 Å². The molecule has 0 spiro atoms. The maximum atomic E-state index is 12.1. The van der Waals surface area contributed by atoms with E-state index in [-0.39, 0.29) is 57.1 Å². The van der Waals surface area contributed by atoms with E-state index in [4.69, 9.17) is 5.73 Å². The van der Waals surface area contributed by atoms with E-state index in [1.165, 1.54) is 0 Å². The summed E-state index contributed by atoms with van der Waals surface area (Å²) in [5.41, 5.74) is 5.89. The minimum Gasteiger partial charge on any atom is -0.447 e. The molecule has 0 fully saturated rings. The average Bonchev–Trinajstić information content (AvgIpc) is 2.02. The SMILES string of the molecule is [K+].[NH-]C(=O)Nc1ccc(C(F)(F)F)cc1. The van der Waals surface area contributed by atoms with Gasteiger partial charge in [0.25, 0.3) is 0 Å². The van der Waals surface area contributed by atoms with Crippen molar-refractivity contribution in [1.82, 2.24) is 0 Å². The molecule has 0 aliphatic rings. The maximum Gasteiger partial charge on any atom is 1.00 e. The second-order valence-corrected chi connectivity index (χ2v) is 2.53. The van der Waals surface area contributed by atoms with Gasteiger partial charge in [-0.25, -0.2) is 0 Å². The predicted molar refractivity (Wildman–Crippen MR) is 44.8 cm³/mol. The van der Waals surface area contributed by atoms with Crippen molar-refractivity contribution in [2.45, 2.75) is 6.18 Å². The van der Waals surface area contributed by atoms with Crippen LogP contribution in [0.15, 0.2) is 24.3 Å². The van der Waals surface area contributed by atoms with Gasteiger partial charge in [0.1, 0.15) is 0 Å². The van der Waals surface area contributed by atoms with Crippen LogP contribution in [0.2, 0.25) is 0 Å². The zero-order valence-corrected chi connectivity index (χ0v) is 11.0. The summed E-state index contributed by atoms with van der Waals surface area (Å²) >= 11 is 0. The number of benzene rings is 1. The number of nitrogens with one attached hydrogen (secondary N) is 2. The van der Waals surface area contributed by atoms with E-state index >= 15 is 0 Å². The molecule has 1 aromatic rings. The number of carbonyl (C=O) groups is 1. The van der Waals surface area contributed by atoms with Gasteiger partial charge in [0.2, 0.25) is 0 Å². The van der Waals surface area contributed by atoms with Gasteiger partial charge in [-0.3, -0.25) is 4.79 Å². The van der Waals surface area contributed by atoms with Crippen LogP contribution in [0.4, 0.5) is 23.7 Å². The van der Waals surface area contributed by atoms with Crippen molar-refractivity contribution >= 4 is 11.7 Å². The minimum absolute atomic E-state index is 0. The van der Waals surface area contributed by atoms with Crippen LogP contribution in [0.25, 0.3) is 5.73 Å². The van der Waals surface area contributed by atoms with Crippen LogP contribution in [0.5, 0.6) is 0 Å². The molecule has 2 amide bonds. The first kappa shape index (κ1) is 14.9. The molecule has 1 rings (SSSR count). The van der Waals surface area contributed by atoms with Crippen molar-refractivity contribution in [3.8, 4) is 0 Å². The number of alkyl halides is 3. The largest absolute Gasteiger partial charge is 1.00 e. The Hall–Kier alpha value is -0.0836. The van der Waals surface area contributed by atoms with Crippen LogP contribution < -0.4 is 56.7 Å². The number of rotatable bonds is 1. The fourth-order valence-electron chi connectivity index (χ4n) is 0.874. The summed E-state index contributed by atoms with van der Waals surface area (Å²) in [6.45, 7) is 0. The molecule has 0 aromatic heterocycles. The Labute approximate surface area is 127 Å². The van der Waals surface area contributed by atoms with Crippen molar-refractivity contribution in [3.05, 3.63) is 35.6 Å². The van der Waals surface area contributed by atoms with E-state index in [0.29, 0.717) is 0 Å². The molecule has 0 saturated heterocycles. The Kier molecular flexibility index (Phi) is 5.82. The monoisotopic (exact) mass is 242 g/mol. The summed E-state index contributed by atoms with van der Waals surface area (Å²) in [7, 11) is 0. The van der Waals surface area contributed by atoms with Gasteiger partial charge in [-0.2, -0.15) is 13.2 Å². The van der Waals surface area contributed by atoms with E-state index in [1.54, 1.807) is 0 Å². The van der Waals surface area contributed by atoms with Gasteiger partial charge < -0.3 is 11.1 Å². The Morgan fingerprint density at radius 1 is 1.20 bits per heavy atom. The minimum atomic E-state index is -4.39. The third-order valence-electron chi connectivity index (χ3n) is 1.47. The molecule has 15 heavy (non-hydrogen) atoms. The first-order chi connectivity index (χ1) is 6.39. The number of hydrogen-bond donors (Lipinski definition) is 1. The first-order valence-electron chi connectivity index (χ1n) is 3.59. The molecule has 0 aliphatic carbocycles. The van der Waals surface area contributed by atoms with Gasteiger partial charge in [0.05, 0.1) is 5.56 Å². The molecule has 76 valence electrons. The quantitative estimate of drug-likeness (QED) is 0.707. The van der Waals surface area contributed by atoms with Gasteiger partial charge in [-0.05, 0) is 17.8 Å². The first-order valence-corrected chi connectivity index (χ1v) is 3.59. The number of amides is 2. The molecule has 0 heterocycles. The smallest absolute Gasteiger partial charge is 0.447 e. The molecule has 2 N–H and O–H groups in total. The Balaban J connectivity index is 0.00000196. The molecule has 0 saturated carbocycles. The topological polar surface area (TPSA) is 52.9 Å². The second-order valence-electron chi connectivity index (χ2n) is 2.53. The summed E-state index contributed by atoms with van der Waals surface area (Å²) in [4.78, 5) is 10.2. The molecule has 7 heteroatoms. The standard InChI is InChI=1S/C8H7F3N2O.K/c9-8(10,11)5-1-3-6(4-2-5)13-7(12)14;/h1-4H,(H3,12,13,14);/q;+1/p-1. The van der Waals surface area contributed by atoms with E-state index in [2.05, 4.69) is 0 Å². The number of hydrogen-bond acceptors (Lipinski definition) is 1. The number of anilines is 1. The predicted octanol–water partition coefficient (Wildman–Crippen LogP) is 0.294. The summed E-state index contributed by atoms with van der Waals surface area (Å²) in [6, 6.07) is 2.80. The Morgan fingerprint density at radius 3 is 2.00 bits per heavy atom. The summed E-state index contributed by atoms with van der Waals surface area (Å²) in [5, 5.41) is 2.04. The summed E-state index contributed by atoms with van der Waals surface area (Å²) < 4.78 is 36.2. The third kappa shape index (κ3) is 4.98. The van der Waals surface area contributed by atoms with Crippen molar-refractivity contribution in [2.75, 3.05) is 5.32 Å². The van der Waals surface area contributed by atoms with Gasteiger partial charge in [0, 0.05) is 0 Å². The molecule has 0 bridgehead atoms. The molecular formula is C8H6F3KN2O. The number of carbonyl (C=O) groups excluding carboxylic acids is 1. The molecule has 0 unspecified atom stereocenters. The number of urea groups is 1. The zero-order valence-electron chi connectivity index (χ0n) is 7.85. The van der Waals surface area contributed by atoms with Crippen molar-refractivity contribution in [1.29, 1.82) is 0 Å². The van der Waals surface area contributed by atoms with Crippen molar-refractivity contribution in [2.24, 2.45) is 0 Å². The molecule has 0 aliphatic heterocycles. The Morgan fingerprint density at radius 2 is 1.67 bits per heavy atom. The Bertz CT molecular complexity index is 337.